The van der Waals surface area contributed by atoms with Crippen molar-refractivity contribution in [1.29, 1.82) is 0 Å². The van der Waals surface area contributed by atoms with E-state index >= 15 is 0 Å². The number of halogens is 1. The summed E-state index contributed by atoms with van der Waals surface area (Å²) in [5.41, 5.74) is 2.02. The topological polar surface area (TPSA) is 44.8 Å². The molecule has 1 aliphatic rings. The zero-order valence-corrected chi connectivity index (χ0v) is 16.4. The number of ether oxygens (including phenoxy) is 1. The van der Waals surface area contributed by atoms with Gasteiger partial charge in [0.05, 0.1) is 13.2 Å². The second-order valence-electron chi connectivity index (χ2n) is 6.69. The lowest BCUT2D eigenvalue weighted by Gasteiger charge is -2.34. The second kappa shape index (κ2) is 9.74. The molecule has 0 aliphatic carbocycles. The van der Waals surface area contributed by atoms with Crippen molar-refractivity contribution in [2.75, 3.05) is 44.6 Å². The van der Waals surface area contributed by atoms with E-state index in [2.05, 4.69) is 21.2 Å². The number of rotatable bonds is 7. The van der Waals surface area contributed by atoms with Gasteiger partial charge in [0, 0.05) is 43.4 Å². The predicted molar refractivity (Wildman–Crippen MR) is 109 cm³/mol. The molecule has 144 valence electrons. The fourth-order valence-corrected chi connectivity index (χ4v) is 3.42. The number of carbonyl (C=O) groups excluding carboxylic acids is 1. The third kappa shape index (κ3) is 6.24. The first-order chi connectivity index (χ1) is 13.1. The standard InChI is InChI=1S/C21H26ClN3O2/c1-2-27-20-8-6-19(7-9-20)23-21(26)16-25-12-10-24(11-13-25)15-17-4-3-5-18(22)14-17/h3-9,14H,2,10-13,15-16H2,1H3,(H,23,26). The highest BCUT2D eigenvalue weighted by atomic mass is 35.5. The normalized spacial score (nSPS) is 15.5. The average Bonchev–Trinajstić information content (AvgIpc) is 2.65. The van der Waals surface area contributed by atoms with Crippen molar-refractivity contribution in [2.45, 2.75) is 13.5 Å². The van der Waals surface area contributed by atoms with E-state index in [0.29, 0.717) is 13.2 Å². The Morgan fingerprint density at radius 3 is 2.44 bits per heavy atom. The van der Waals surface area contributed by atoms with Crippen molar-refractivity contribution in [1.82, 2.24) is 9.80 Å². The van der Waals surface area contributed by atoms with Crippen LogP contribution >= 0.6 is 11.6 Å². The first-order valence-corrected chi connectivity index (χ1v) is 9.72. The molecule has 2 aromatic carbocycles. The van der Waals surface area contributed by atoms with Crippen LogP contribution in [0.15, 0.2) is 48.5 Å². The molecule has 6 heteroatoms. The Hall–Kier alpha value is -2.08. The average molecular weight is 388 g/mol. The molecule has 1 aliphatic heterocycles. The molecular weight excluding hydrogens is 362 g/mol. The Labute approximate surface area is 165 Å². The van der Waals surface area contributed by atoms with Gasteiger partial charge in [-0.2, -0.15) is 0 Å². The molecule has 1 amide bonds. The Balaban J connectivity index is 1.41. The van der Waals surface area contributed by atoms with Gasteiger partial charge in [-0.15, -0.1) is 0 Å². The van der Waals surface area contributed by atoms with Crippen LogP contribution in [0.5, 0.6) is 5.75 Å². The Bertz CT molecular complexity index is 743. The number of amides is 1. The molecule has 0 spiro atoms. The van der Waals surface area contributed by atoms with Crippen LogP contribution < -0.4 is 10.1 Å². The fraction of sp³-hybridized carbons (Fsp3) is 0.381. The van der Waals surface area contributed by atoms with Gasteiger partial charge in [0.25, 0.3) is 0 Å². The number of nitrogens with zero attached hydrogens (tertiary/aromatic N) is 2. The van der Waals surface area contributed by atoms with E-state index < -0.39 is 0 Å². The van der Waals surface area contributed by atoms with E-state index in [-0.39, 0.29) is 5.91 Å². The lowest BCUT2D eigenvalue weighted by Crippen LogP contribution is -2.48. The van der Waals surface area contributed by atoms with Crippen LogP contribution in [0.3, 0.4) is 0 Å². The smallest absolute Gasteiger partial charge is 0.238 e. The van der Waals surface area contributed by atoms with Crippen LogP contribution in [0.1, 0.15) is 12.5 Å². The fourth-order valence-electron chi connectivity index (χ4n) is 3.20. The molecule has 1 fully saturated rings. The van der Waals surface area contributed by atoms with Crippen molar-refractivity contribution < 1.29 is 9.53 Å². The largest absolute Gasteiger partial charge is 0.494 e. The minimum atomic E-state index is 0.0162. The van der Waals surface area contributed by atoms with Crippen molar-refractivity contribution >= 4 is 23.2 Å². The molecule has 2 aromatic rings. The molecule has 0 atom stereocenters. The number of hydrogen-bond acceptors (Lipinski definition) is 4. The van der Waals surface area contributed by atoms with Gasteiger partial charge in [-0.25, -0.2) is 0 Å². The summed E-state index contributed by atoms with van der Waals surface area (Å²) in [6, 6.07) is 15.5. The molecule has 3 rings (SSSR count). The molecule has 5 nitrogen and oxygen atoms in total. The SMILES string of the molecule is CCOc1ccc(NC(=O)CN2CCN(Cc3cccc(Cl)c3)CC2)cc1. The monoisotopic (exact) mass is 387 g/mol. The van der Waals surface area contributed by atoms with E-state index in [1.807, 2.05) is 49.4 Å². The van der Waals surface area contributed by atoms with Gasteiger partial charge in [0.15, 0.2) is 0 Å². The van der Waals surface area contributed by atoms with Crippen LogP contribution in [0, 0.1) is 0 Å². The van der Waals surface area contributed by atoms with Crippen molar-refractivity contribution in [2.24, 2.45) is 0 Å². The summed E-state index contributed by atoms with van der Waals surface area (Å²) in [6.07, 6.45) is 0. The number of piperazine rings is 1. The summed E-state index contributed by atoms with van der Waals surface area (Å²) in [6.45, 7) is 7.56. The predicted octanol–water partition coefficient (Wildman–Crippen LogP) is 3.50. The van der Waals surface area contributed by atoms with E-state index in [9.17, 15) is 4.79 Å². The maximum atomic E-state index is 12.3. The molecule has 1 saturated heterocycles. The lowest BCUT2D eigenvalue weighted by atomic mass is 10.2. The van der Waals surface area contributed by atoms with Gasteiger partial charge in [0.1, 0.15) is 5.75 Å². The lowest BCUT2D eigenvalue weighted by molar-refractivity contribution is -0.117. The third-order valence-electron chi connectivity index (χ3n) is 4.58. The van der Waals surface area contributed by atoms with Crippen molar-refractivity contribution in [3.05, 3.63) is 59.1 Å². The third-order valence-corrected chi connectivity index (χ3v) is 4.81. The maximum Gasteiger partial charge on any atom is 0.238 e. The minimum Gasteiger partial charge on any atom is -0.494 e. The first-order valence-electron chi connectivity index (χ1n) is 9.34. The highest BCUT2D eigenvalue weighted by Gasteiger charge is 2.19. The van der Waals surface area contributed by atoms with Gasteiger partial charge in [-0.1, -0.05) is 23.7 Å². The molecule has 1 N–H and O–H groups in total. The molecule has 1 heterocycles. The van der Waals surface area contributed by atoms with Gasteiger partial charge < -0.3 is 10.1 Å². The van der Waals surface area contributed by atoms with E-state index in [1.165, 1.54) is 5.56 Å². The molecular formula is C21H26ClN3O2. The Kier molecular flexibility index (Phi) is 7.10. The highest BCUT2D eigenvalue weighted by molar-refractivity contribution is 6.30. The van der Waals surface area contributed by atoms with E-state index in [0.717, 1.165) is 49.2 Å². The van der Waals surface area contributed by atoms with E-state index in [1.54, 1.807) is 0 Å². The van der Waals surface area contributed by atoms with Crippen molar-refractivity contribution in [3.63, 3.8) is 0 Å². The van der Waals surface area contributed by atoms with Gasteiger partial charge in [-0.05, 0) is 48.9 Å². The van der Waals surface area contributed by atoms with Crippen LogP contribution in [0.4, 0.5) is 5.69 Å². The number of carbonyl (C=O) groups is 1. The number of nitrogens with one attached hydrogen (secondary N) is 1. The summed E-state index contributed by atoms with van der Waals surface area (Å²) < 4.78 is 5.41. The van der Waals surface area contributed by atoms with Gasteiger partial charge >= 0.3 is 0 Å². The molecule has 27 heavy (non-hydrogen) atoms. The second-order valence-corrected chi connectivity index (χ2v) is 7.12. The minimum absolute atomic E-state index is 0.0162. The van der Waals surface area contributed by atoms with Crippen LogP contribution in [0.2, 0.25) is 5.02 Å². The van der Waals surface area contributed by atoms with Crippen LogP contribution in [-0.4, -0.2) is 55.0 Å². The zero-order chi connectivity index (χ0) is 19.1. The first kappa shape index (κ1) is 19.7. The summed E-state index contributed by atoms with van der Waals surface area (Å²) in [4.78, 5) is 16.9. The summed E-state index contributed by atoms with van der Waals surface area (Å²) in [7, 11) is 0. The molecule has 0 aromatic heterocycles. The quantitative estimate of drug-likeness (QED) is 0.789. The maximum absolute atomic E-state index is 12.3. The number of benzene rings is 2. The van der Waals surface area contributed by atoms with Crippen LogP contribution in [0.25, 0.3) is 0 Å². The summed E-state index contributed by atoms with van der Waals surface area (Å²) >= 11 is 6.06. The summed E-state index contributed by atoms with van der Waals surface area (Å²) in [5.74, 6) is 0.828. The molecule has 0 radical (unpaired) electrons. The van der Waals surface area contributed by atoms with Gasteiger partial charge in [0.2, 0.25) is 5.91 Å². The Morgan fingerprint density at radius 2 is 1.78 bits per heavy atom. The Morgan fingerprint density at radius 1 is 1.07 bits per heavy atom. The van der Waals surface area contributed by atoms with Crippen molar-refractivity contribution in [3.8, 4) is 5.75 Å². The van der Waals surface area contributed by atoms with E-state index in [4.69, 9.17) is 16.3 Å². The summed E-state index contributed by atoms with van der Waals surface area (Å²) in [5, 5.41) is 3.73. The number of hydrogen-bond donors (Lipinski definition) is 1. The molecule has 0 unspecified atom stereocenters. The van der Waals surface area contributed by atoms with Crippen LogP contribution in [-0.2, 0) is 11.3 Å². The molecule has 0 saturated carbocycles. The molecule has 0 bridgehead atoms. The zero-order valence-electron chi connectivity index (χ0n) is 15.7. The highest BCUT2D eigenvalue weighted by Crippen LogP contribution is 2.16. The van der Waals surface area contributed by atoms with Gasteiger partial charge in [-0.3, -0.25) is 14.6 Å². The number of anilines is 1.